The Morgan fingerprint density at radius 3 is 2.28 bits per heavy atom. The largest absolute Gasteiger partial charge is 0.492 e. The van der Waals surface area contributed by atoms with Crippen LogP contribution in [0, 0.1) is 11.6 Å². The van der Waals surface area contributed by atoms with Crippen molar-refractivity contribution in [1.29, 1.82) is 0 Å². The van der Waals surface area contributed by atoms with Crippen molar-refractivity contribution in [2.75, 3.05) is 74.2 Å². The molecule has 65 heavy (non-hydrogen) atoms. The van der Waals surface area contributed by atoms with Crippen molar-refractivity contribution in [3.8, 4) is 5.75 Å². The fourth-order valence-corrected chi connectivity index (χ4v) is 10.6. The van der Waals surface area contributed by atoms with Gasteiger partial charge in [0.1, 0.15) is 23.2 Å². The summed E-state index contributed by atoms with van der Waals surface area (Å²) in [6, 6.07) is 13.1. The number of imide groups is 1. The van der Waals surface area contributed by atoms with Crippen LogP contribution in [0.2, 0.25) is 0 Å². The molecule has 1 atom stereocenters. The Hall–Kier alpha value is -5.17. The molecule has 0 radical (unpaired) electrons. The van der Waals surface area contributed by atoms with E-state index >= 15 is 8.78 Å². The number of hydrogen-bond acceptors (Lipinski definition) is 12. The average molecular weight is 977 g/mol. The maximum Gasteiger partial charge on any atom is 0.236 e. The molecule has 8 rings (SSSR count). The third-order valence-electron chi connectivity index (χ3n) is 12.9. The normalized spacial score (nSPS) is 18.0. The summed E-state index contributed by atoms with van der Waals surface area (Å²) in [6.07, 6.45) is 8.69. The topological polar surface area (TPSA) is 154 Å². The molecular weight excluding hydrogens is 921 g/mol. The van der Waals surface area contributed by atoms with Gasteiger partial charge in [-0.15, -0.1) is 0 Å². The molecule has 3 aromatic carbocycles. The number of rotatable bonds is 15. The van der Waals surface area contributed by atoms with Crippen molar-refractivity contribution in [2.45, 2.75) is 77.7 Å². The maximum absolute atomic E-state index is 15.1. The van der Waals surface area contributed by atoms with Gasteiger partial charge in [0.25, 0.3) is 0 Å². The maximum atomic E-state index is 15.1. The minimum Gasteiger partial charge on any atom is -0.492 e. The van der Waals surface area contributed by atoms with Gasteiger partial charge in [-0.3, -0.25) is 19.8 Å². The zero-order valence-corrected chi connectivity index (χ0v) is 39.6. The van der Waals surface area contributed by atoms with Crippen molar-refractivity contribution in [3.05, 3.63) is 93.2 Å². The number of benzene rings is 3. The number of anilines is 5. The fraction of sp³-hybridized carbons (Fsp3) is 0.447. The Kier molecular flexibility index (Phi) is 14.1. The highest BCUT2D eigenvalue weighted by molar-refractivity contribution is 9.10. The van der Waals surface area contributed by atoms with Gasteiger partial charge < -0.3 is 25.2 Å². The van der Waals surface area contributed by atoms with E-state index in [2.05, 4.69) is 70.6 Å². The van der Waals surface area contributed by atoms with Crippen LogP contribution in [0.25, 0.3) is 10.9 Å². The number of nitrogens with zero attached hydrogens (tertiary/aromatic N) is 6. The number of aryl methyl sites for hydroxylation is 2. The standard InChI is InChI=1S/C47H56BrF2N9O5S/c1-5-30-8-10-38(44-33(30)15-19-59(44)65(4,62)63)52-45-35(48)28-51-47(55-45)53-39-26-31(6-2)40(27-41(39)64-7-3)58-17-13-32(14-18-58)57-22-20-56(21-23-57)16-12-29-24-36(49)43(37(50)25-29)34-9-11-42(60)54-46(34)61/h8,10,15,19,24-28,32,34H,5-7,9,11-14,16-18,20-23H2,1-4H3,(H,54,60,61)(H2,51,52,53,55)/t34-/m1/s1. The highest BCUT2D eigenvalue weighted by atomic mass is 79.9. The second kappa shape index (κ2) is 19.7. The van der Waals surface area contributed by atoms with Crippen LogP contribution in [0.5, 0.6) is 5.75 Å². The first-order valence-corrected chi connectivity index (χ1v) is 25.1. The molecule has 3 N–H and O–H groups in total. The van der Waals surface area contributed by atoms with Gasteiger partial charge in [0.2, 0.25) is 27.8 Å². The average Bonchev–Trinajstić information content (AvgIpc) is 3.75. The van der Waals surface area contributed by atoms with E-state index in [1.54, 1.807) is 12.4 Å². The van der Waals surface area contributed by atoms with Crippen LogP contribution < -0.4 is 25.6 Å². The molecule has 3 saturated heterocycles. The van der Waals surface area contributed by atoms with E-state index in [1.807, 2.05) is 32.0 Å². The summed E-state index contributed by atoms with van der Waals surface area (Å²) in [6.45, 7) is 12.7. The number of ether oxygens (including phenoxy) is 1. The minimum atomic E-state index is -3.57. The summed E-state index contributed by atoms with van der Waals surface area (Å²) in [5, 5.41) is 9.80. The first-order valence-electron chi connectivity index (χ1n) is 22.5. The number of aromatic nitrogens is 3. The van der Waals surface area contributed by atoms with Gasteiger partial charge in [-0.2, -0.15) is 4.98 Å². The molecule has 0 saturated carbocycles. The molecule has 3 fully saturated rings. The molecule has 14 nitrogen and oxygen atoms in total. The second-order valence-electron chi connectivity index (χ2n) is 17.0. The molecule has 3 aliphatic heterocycles. The van der Waals surface area contributed by atoms with Crippen molar-refractivity contribution in [3.63, 3.8) is 0 Å². The van der Waals surface area contributed by atoms with Crippen LogP contribution >= 0.6 is 15.9 Å². The van der Waals surface area contributed by atoms with E-state index < -0.39 is 39.4 Å². The Bertz CT molecular complexity index is 2680. The number of piperazine rings is 1. The third-order valence-corrected chi connectivity index (χ3v) is 14.5. The lowest BCUT2D eigenvalue weighted by Crippen LogP contribution is -2.53. The van der Waals surface area contributed by atoms with Crippen LogP contribution in [0.3, 0.4) is 0 Å². The molecule has 0 aliphatic carbocycles. The molecule has 2 amide bonds. The summed E-state index contributed by atoms with van der Waals surface area (Å²) < 4.78 is 63.8. The van der Waals surface area contributed by atoms with E-state index in [0.717, 1.165) is 87.3 Å². The van der Waals surface area contributed by atoms with E-state index in [1.165, 1.54) is 27.9 Å². The number of amides is 2. The van der Waals surface area contributed by atoms with Crippen molar-refractivity contribution >= 4 is 77.5 Å². The zero-order chi connectivity index (χ0) is 46.0. The fourth-order valence-electron chi connectivity index (χ4n) is 9.50. The first kappa shape index (κ1) is 46.4. The van der Waals surface area contributed by atoms with Crippen LogP contribution in [0.15, 0.2) is 59.3 Å². The van der Waals surface area contributed by atoms with Gasteiger partial charge in [-0.05, 0) is 108 Å². The Morgan fingerprint density at radius 1 is 0.892 bits per heavy atom. The van der Waals surface area contributed by atoms with Gasteiger partial charge in [-0.25, -0.2) is 26.2 Å². The molecule has 346 valence electrons. The lowest BCUT2D eigenvalue weighted by molar-refractivity contribution is -0.134. The number of halogens is 3. The molecule has 18 heteroatoms. The molecule has 3 aliphatic rings. The van der Waals surface area contributed by atoms with Crippen molar-refractivity contribution in [1.82, 2.24) is 29.1 Å². The number of nitrogens with one attached hydrogen (secondary N) is 3. The summed E-state index contributed by atoms with van der Waals surface area (Å²) in [5.41, 5.74) is 5.55. The molecule has 0 unspecified atom stereocenters. The predicted octanol–water partition coefficient (Wildman–Crippen LogP) is 7.64. The summed E-state index contributed by atoms with van der Waals surface area (Å²) in [4.78, 5) is 40.6. The summed E-state index contributed by atoms with van der Waals surface area (Å²) in [5.74, 6) is -2.04. The minimum absolute atomic E-state index is 0.0606. The number of carbonyl (C=O) groups is 2. The van der Waals surface area contributed by atoms with Crippen molar-refractivity contribution < 1.29 is 31.5 Å². The van der Waals surface area contributed by atoms with Crippen LogP contribution in [-0.2, 0) is 38.9 Å². The molecule has 0 bridgehead atoms. The first-order chi connectivity index (χ1) is 31.2. The van der Waals surface area contributed by atoms with Crippen molar-refractivity contribution in [2.24, 2.45) is 0 Å². The SMILES string of the molecule is CCOc1cc(N2CCC(N3CCN(CCc4cc(F)c([C@H]5CCC(=O)NC5=O)c(F)c4)CC3)CC2)c(CC)cc1Nc1ncc(Br)c(Nc2ccc(CC)c3ccn(S(C)(=O)=O)c23)n1. The highest BCUT2D eigenvalue weighted by Gasteiger charge is 2.33. The van der Waals surface area contributed by atoms with E-state index in [4.69, 9.17) is 9.72 Å². The van der Waals surface area contributed by atoms with Gasteiger partial charge in [0.05, 0.1) is 40.1 Å². The highest BCUT2D eigenvalue weighted by Crippen LogP contribution is 2.39. The lowest BCUT2D eigenvalue weighted by atomic mass is 9.89. The predicted molar refractivity (Wildman–Crippen MR) is 253 cm³/mol. The van der Waals surface area contributed by atoms with Crippen LogP contribution in [0.1, 0.15) is 74.6 Å². The monoisotopic (exact) mass is 975 g/mol. The van der Waals surface area contributed by atoms with Gasteiger partial charge in [0.15, 0.2) is 0 Å². The summed E-state index contributed by atoms with van der Waals surface area (Å²) in [7, 11) is -3.57. The smallest absolute Gasteiger partial charge is 0.236 e. The van der Waals surface area contributed by atoms with Gasteiger partial charge in [0, 0.05) is 93.4 Å². The summed E-state index contributed by atoms with van der Waals surface area (Å²) >= 11 is 3.58. The third kappa shape index (κ3) is 10.1. The number of piperidine rings is 2. The number of fused-ring (bicyclic) bond motifs is 1. The van der Waals surface area contributed by atoms with E-state index in [9.17, 15) is 18.0 Å². The molecule has 0 spiro atoms. The van der Waals surface area contributed by atoms with Crippen LogP contribution in [0.4, 0.5) is 37.6 Å². The van der Waals surface area contributed by atoms with E-state index in [0.29, 0.717) is 64.4 Å². The van der Waals surface area contributed by atoms with Crippen LogP contribution in [-0.4, -0.2) is 109 Å². The molecule has 5 heterocycles. The zero-order valence-electron chi connectivity index (χ0n) is 37.2. The Morgan fingerprint density at radius 2 is 1.62 bits per heavy atom. The van der Waals surface area contributed by atoms with E-state index in [-0.39, 0.29) is 18.4 Å². The molecular formula is C47H56BrF2N9O5S. The number of hydrogen-bond donors (Lipinski definition) is 3. The Balaban J connectivity index is 0.885. The quantitative estimate of drug-likeness (QED) is 0.0884. The Labute approximate surface area is 387 Å². The van der Waals surface area contributed by atoms with Gasteiger partial charge >= 0.3 is 0 Å². The van der Waals surface area contributed by atoms with Gasteiger partial charge in [-0.1, -0.05) is 19.9 Å². The second-order valence-corrected chi connectivity index (χ2v) is 19.7. The molecule has 5 aromatic rings. The number of carbonyl (C=O) groups excluding carboxylic acids is 2. The lowest BCUT2D eigenvalue weighted by Gasteiger charge is -2.43. The molecule has 2 aromatic heterocycles.